The van der Waals surface area contributed by atoms with E-state index in [2.05, 4.69) is 18.9 Å². The molecule has 0 heterocycles. The predicted octanol–water partition coefficient (Wildman–Crippen LogP) is 1.74. The Kier molecular flexibility index (Phi) is 5.22. The molecule has 0 aromatic carbocycles. The van der Waals surface area contributed by atoms with Crippen LogP contribution in [0.5, 0.6) is 0 Å². The Hall–Kier alpha value is -0.120. The lowest BCUT2D eigenvalue weighted by Gasteiger charge is -2.38. The lowest BCUT2D eigenvalue weighted by Crippen LogP contribution is -2.46. The van der Waals surface area contributed by atoms with Crippen molar-refractivity contribution in [1.29, 1.82) is 0 Å². The van der Waals surface area contributed by atoms with Gasteiger partial charge in [0.05, 0.1) is 5.60 Å². The van der Waals surface area contributed by atoms with Crippen LogP contribution in [0.15, 0.2) is 0 Å². The summed E-state index contributed by atoms with van der Waals surface area (Å²) in [5, 5.41) is 9.99. The minimum atomic E-state index is -0.720. The molecule has 0 radical (unpaired) electrons. The molecule has 0 aromatic rings. The molecule has 2 atom stereocenters. The first-order valence-electron chi connectivity index (χ1n) is 6.60. The fourth-order valence-corrected chi connectivity index (χ4v) is 2.71. The fraction of sp³-hybridized carbons (Fsp3) is 1.00. The zero-order valence-electron chi connectivity index (χ0n) is 11.1. The number of rotatable bonds is 5. The van der Waals surface area contributed by atoms with Crippen molar-refractivity contribution in [2.75, 3.05) is 13.6 Å². The number of hydrogen-bond acceptors (Lipinski definition) is 3. The minimum absolute atomic E-state index is 0.343. The number of nitrogens with zero attached hydrogens (tertiary/aromatic N) is 1. The molecule has 1 rings (SSSR count). The Morgan fingerprint density at radius 2 is 1.94 bits per heavy atom. The Morgan fingerprint density at radius 1 is 1.38 bits per heavy atom. The summed E-state index contributed by atoms with van der Waals surface area (Å²) in [6, 6.07) is 1.11. The van der Waals surface area contributed by atoms with Gasteiger partial charge in [0, 0.05) is 18.6 Å². The second-order valence-electron chi connectivity index (χ2n) is 5.71. The molecule has 3 N–H and O–H groups in total. The summed E-state index contributed by atoms with van der Waals surface area (Å²) in [6.07, 6.45) is 7.48. The average molecular weight is 228 g/mol. The van der Waals surface area contributed by atoms with Gasteiger partial charge in [0.15, 0.2) is 0 Å². The van der Waals surface area contributed by atoms with E-state index in [0.717, 1.165) is 6.42 Å². The van der Waals surface area contributed by atoms with Crippen molar-refractivity contribution in [2.24, 2.45) is 5.73 Å². The van der Waals surface area contributed by atoms with Gasteiger partial charge in [0.2, 0.25) is 0 Å². The normalized spacial score (nSPS) is 24.4. The second-order valence-corrected chi connectivity index (χ2v) is 5.71. The molecular weight excluding hydrogens is 200 g/mol. The lowest BCUT2D eigenvalue weighted by molar-refractivity contribution is 0.0215. The molecule has 96 valence electrons. The Balaban J connectivity index is 2.42. The van der Waals surface area contributed by atoms with Crippen LogP contribution < -0.4 is 5.73 Å². The minimum Gasteiger partial charge on any atom is -0.389 e. The largest absolute Gasteiger partial charge is 0.389 e. The van der Waals surface area contributed by atoms with Gasteiger partial charge < -0.3 is 15.7 Å². The number of hydrogen-bond donors (Lipinski definition) is 2. The Bertz CT molecular complexity index is 200. The first-order valence-corrected chi connectivity index (χ1v) is 6.60. The maximum Gasteiger partial charge on any atom is 0.0756 e. The summed E-state index contributed by atoms with van der Waals surface area (Å²) in [5.41, 5.74) is 4.84. The molecule has 16 heavy (non-hydrogen) atoms. The monoisotopic (exact) mass is 228 g/mol. The van der Waals surface area contributed by atoms with Gasteiger partial charge in [-0.05, 0) is 40.2 Å². The van der Waals surface area contributed by atoms with Crippen LogP contribution in [0.3, 0.4) is 0 Å². The maximum atomic E-state index is 9.99. The summed E-state index contributed by atoms with van der Waals surface area (Å²) in [7, 11) is 2.19. The van der Waals surface area contributed by atoms with Gasteiger partial charge >= 0.3 is 0 Å². The third-order valence-electron chi connectivity index (χ3n) is 4.02. The van der Waals surface area contributed by atoms with Crippen molar-refractivity contribution in [3.05, 3.63) is 0 Å². The summed E-state index contributed by atoms with van der Waals surface area (Å²) < 4.78 is 0. The van der Waals surface area contributed by atoms with E-state index >= 15 is 0 Å². The van der Waals surface area contributed by atoms with Crippen LogP contribution in [-0.2, 0) is 0 Å². The highest BCUT2D eigenvalue weighted by molar-refractivity contribution is 4.83. The Labute approximate surface area is 100 Å². The fourth-order valence-electron chi connectivity index (χ4n) is 2.71. The van der Waals surface area contributed by atoms with Crippen molar-refractivity contribution in [2.45, 2.75) is 70.1 Å². The number of nitrogens with two attached hydrogens (primary N) is 1. The van der Waals surface area contributed by atoms with E-state index in [1.807, 2.05) is 6.92 Å². The van der Waals surface area contributed by atoms with Gasteiger partial charge in [-0.15, -0.1) is 0 Å². The quantitative estimate of drug-likeness (QED) is 0.753. The van der Waals surface area contributed by atoms with Crippen LogP contribution in [0.1, 0.15) is 52.4 Å². The van der Waals surface area contributed by atoms with Crippen molar-refractivity contribution in [3.8, 4) is 0 Å². The molecule has 0 spiro atoms. The van der Waals surface area contributed by atoms with Crippen LogP contribution in [-0.4, -0.2) is 41.3 Å². The second kappa shape index (κ2) is 5.99. The molecule has 0 saturated heterocycles. The third-order valence-corrected chi connectivity index (χ3v) is 4.02. The highest BCUT2D eigenvalue weighted by atomic mass is 16.3. The van der Waals surface area contributed by atoms with Crippen LogP contribution >= 0.6 is 0 Å². The number of aliphatic hydroxyl groups is 1. The topological polar surface area (TPSA) is 49.5 Å². The zero-order chi connectivity index (χ0) is 12.2. The standard InChI is InChI=1S/C13H28N2O/c1-11(9-13(2,16)10-14)15(3)12-7-5-4-6-8-12/h11-12,16H,4-10,14H2,1-3H3. The molecular formula is C13H28N2O. The van der Waals surface area contributed by atoms with Crippen molar-refractivity contribution >= 4 is 0 Å². The van der Waals surface area contributed by atoms with Crippen molar-refractivity contribution in [1.82, 2.24) is 4.90 Å². The van der Waals surface area contributed by atoms with E-state index in [9.17, 15) is 5.11 Å². The summed E-state index contributed by atoms with van der Waals surface area (Å²) in [6.45, 7) is 4.37. The summed E-state index contributed by atoms with van der Waals surface area (Å²) in [4.78, 5) is 2.43. The van der Waals surface area contributed by atoms with Crippen LogP contribution in [0.2, 0.25) is 0 Å². The van der Waals surface area contributed by atoms with Gasteiger partial charge in [0.1, 0.15) is 0 Å². The smallest absolute Gasteiger partial charge is 0.0756 e. The molecule has 3 nitrogen and oxygen atoms in total. The molecule has 3 heteroatoms. The zero-order valence-corrected chi connectivity index (χ0v) is 11.1. The highest BCUT2D eigenvalue weighted by Crippen LogP contribution is 2.25. The van der Waals surface area contributed by atoms with E-state index in [1.54, 1.807) is 0 Å². The highest BCUT2D eigenvalue weighted by Gasteiger charge is 2.27. The summed E-state index contributed by atoms with van der Waals surface area (Å²) >= 11 is 0. The Morgan fingerprint density at radius 3 is 2.44 bits per heavy atom. The van der Waals surface area contributed by atoms with E-state index < -0.39 is 5.60 Å². The molecule has 0 aliphatic heterocycles. The summed E-state index contributed by atoms with van der Waals surface area (Å²) in [5.74, 6) is 0. The van der Waals surface area contributed by atoms with E-state index in [0.29, 0.717) is 18.6 Å². The van der Waals surface area contributed by atoms with E-state index in [1.165, 1.54) is 32.1 Å². The van der Waals surface area contributed by atoms with Crippen LogP contribution in [0, 0.1) is 0 Å². The molecule has 1 fully saturated rings. The molecule has 1 aliphatic rings. The van der Waals surface area contributed by atoms with Crippen molar-refractivity contribution < 1.29 is 5.11 Å². The van der Waals surface area contributed by atoms with Gasteiger partial charge in [-0.3, -0.25) is 0 Å². The average Bonchev–Trinajstić information content (AvgIpc) is 2.28. The first kappa shape index (κ1) is 13.9. The molecule has 0 amide bonds. The van der Waals surface area contributed by atoms with Gasteiger partial charge in [-0.2, -0.15) is 0 Å². The van der Waals surface area contributed by atoms with Gasteiger partial charge in [-0.25, -0.2) is 0 Å². The molecule has 0 bridgehead atoms. The van der Waals surface area contributed by atoms with Gasteiger partial charge in [0.25, 0.3) is 0 Å². The molecule has 0 aromatic heterocycles. The third kappa shape index (κ3) is 4.04. The van der Waals surface area contributed by atoms with Gasteiger partial charge in [-0.1, -0.05) is 19.3 Å². The van der Waals surface area contributed by atoms with E-state index in [4.69, 9.17) is 5.73 Å². The first-order chi connectivity index (χ1) is 7.46. The van der Waals surface area contributed by atoms with Crippen LogP contribution in [0.25, 0.3) is 0 Å². The van der Waals surface area contributed by atoms with Crippen LogP contribution in [0.4, 0.5) is 0 Å². The molecule has 2 unspecified atom stereocenters. The van der Waals surface area contributed by atoms with E-state index in [-0.39, 0.29) is 0 Å². The predicted molar refractivity (Wildman–Crippen MR) is 68.4 cm³/mol. The molecule has 1 aliphatic carbocycles. The maximum absolute atomic E-state index is 9.99. The SMILES string of the molecule is CC(CC(C)(O)CN)N(C)C1CCCCC1. The van der Waals surface area contributed by atoms with Crippen molar-refractivity contribution in [3.63, 3.8) is 0 Å². The lowest BCUT2D eigenvalue weighted by atomic mass is 9.91. The molecule has 1 saturated carbocycles.